The molecular formula is C10H19N5S. The van der Waals surface area contributed by atoms with Crippen LogP contribution in [0, 0.1) is 0 Å². The molecule has 0 bridgehead atoms. The van der Waals surface area contributed by atoms with Crippen molar-refractivity contribution in [1.82, 2.24) is 19.4 Å². The molecule has 0 aromatic carbocycles. The van der Waals surface area contributed by atoms with Crippen molar-refractivity contribution in [3.05, 3.63) is 5.69 Å². The highest BCUT2D eigenvalue weighted by Crippen LogP contribution is 2.19. The van der Waals surface area contributed by atoms with Crippen LogP contribution >= 0.6 is 11.5 Å². The van der Waals surface area contributed by atoms with E-state index in [4.69, 9.17) is 0 Å². The number of aromatic nitrogens is 2. The van der Waals surface area contributed by atoms with Crippen LogP contribution in [0.2, 0.25) is 0 Å². The lowest BCUT2D eigenvalue weighted by molar-refractivity contribution is 0.0992. The highest BCUT2D eigenvalue weighted by molar-refractivity contribution is 7.10. The van der Waals surface area contributed by atoms with Gasteiger partial charge in [0.2, 0.25) is 0 Å². The second-order valence-electron chi connectivity index (χ2n) is 4.36. The van der Waals surface area contributed by atoms with Crippen molar-refractivity contribution in [2.45, 2.75) is 19.5 Å². The van der Waals surface area contributed by atoms with E-state index in [0.717, 1.165) is 36.9 Å². The van der Waals surface area contributed by atoms with Gasteiger partial charge in [-0.15, -0.1) is 5.10 Å². The maximum absolute atomic E-state index is 4.18. The number of anilines is 1. The first-order chi connectivity index (χ1) is 7.70. The Morgan fingerprint density at radius 2 is 2.31 bits per heavy atom. The van der Waals surface area contributed by atoms with Gasteiger partial charge in [-0.25, -0.2) is 0 Å². The van der Waals surface area contributed by atoms with Crippen molar-refractivity contribution in [2.24, 2.45) is 0 Å². The number of rotatable bonds is 3. The van der Waals surface area contributed by atoms with Gasteiger partial charge in [-0.2, -0.15) is 0 Å². The van der Waals surface area contributed by atoms with Crippen molar-refractivity contribution in [2.75, 3.05) is 39.0 Å². The number of likely N-dealkylation sites (N-methyl/N-ethyl adjacent to an activating group) is 1. The number of piperazine rings is 1. The molecule has 2 heterocycles. The van der Waals surface area contributed by atoms with E-state index in [1.807, 2.05) is 7.05 Å². The molecule has 1 aromatic heterocycles. The normalized spacial score (nSPS) is 23.6. The van der Waals surface area contributed by atoms with Gasteiger partial charge in [-0.3, -0.25) is 4.90 Å². The second-order valence-corrected chi connectivity index (χ2v) is 5.12. The van der Waals surface area contributed by atoms with E-state index in [9.17, 15) is 0 Å². The van der Waals surface area contributed by atoms with Crippen molar-refractivity contribution in [3.63, 3.8) is 0 Å². The summed E-state index contributed by atoms with van der Waals surface area (Å²) in [5.74, 6) is 0. The van der Waals surface area contributed by atoms with E-state index in [0.29, 0.717) is 6.04 Å². The van der Waals surface area contributed by atoms with Gasteiger partial charge in [0.15, 0.2) is 0 Å². The molecule has 1 fully saturated rings. The first kappa shape index (κ1) is 11.8. The highest BCUT2D eigenvalue weighted by atomic mass is 32.1. The topological polar surface area (TPSA) is 44.3 Å². The average molecular weight is 241 g/mol. The van der Waals surface area contributed by atoms with Crippen LogP contribution < -0.4 is 5.32 Å². The van der Waals surface area contributed by atoms with Gasteiger partial charge >= 0.3 is 0 Å². The lowest BCUT2D eigenvalue weighted by atomic mass is 10.2. The Balaban J connectivity index is 1.95. The maximum atomic E-state index is 4.18. The Kier molecular flexibility index (Phi) is 3.73. The quantitative estimate of drug-likeness (QED) is 0.844. The SMILES string of the molecule is CNc1snnc1CN1CCN(C)C(C)C1. The largest absolute Gasteiger partial charge is 0.377 e. The zero-order chi connectivity index (χ0) is 11.5. The first-order valence-corrected chi connectivity index (χ1v) is 6.39. The summed E-state index contributed by atoms with van der Waals surface area (Å²) in [7, 11) is 4.11. The maximum Gasteiger partial charge on any atom is 0.134 e. The van der Waals surface area contributed by atoms with Crippen LogP contribution in [0.25, 0.3) is 0 Å². The molecule has 1 unspecified atom stereocenters. The predicted molar refractivity (Wildman–Crippen MR) is 66.8 cm³/mol. The van der Waals surface area contributed by atoms with Crippen LogP contribution in [-0.2, 0) is 6.54 Å². The van der Waals surface area contributed by atoms with E-state index < -0.39 is 0 Å². The third-order valence-electron chi connectivity index (χ3n) is 3.20. The van der Waals surface area contributed by atoms with E-state index in [1.165, 1.54) is 11.5 Å². The number of hydrogen-bond donors (Lipinski definition) is 1. The molecule has 0 amide bonds. The Morgan fingerprint density at radius 3 is 3.00 bits per heavy atom. The minimum atomic E-state index is 0.624. The van der Waals surface area contributed by atoms with Crippen LogP contribution in [0.5, 0.6) is 0 Å². The molecule has 90 valence electrons. The summed E-state index contributed by atoms with van der Waals surface area (Å²) in [4.78, 5) is 4.84. The summed E-state index contributed by atoms with van der Waals surface area (Å²) >= 11 is 1.43. The minimum Gasteiger partial charge on any atom is -0.377 e. The lowest BCUT2D eigenvalue weighted by Crippen LogP contribution is -2.49. The van der Waals surface area contributed by atoms with Gasteiger partial charge in [0, 0.05) is 50.8 Å². The molecule has 0 spiro atoms. The molecule has 0 radical (unpaired) electrons. The van der Waals surface area contributed by atoms with Crippen LogP contribution in [0.4, 0.5) is 5.00 Å². The minimum absolute atomic E-state index is 0.624. The summed E-state index contributed by atoms with van der Waals surface area (Å²) in [6.45, 7) is 6.53. The summed E-state index contributed by atoms with van der Waals surface area (Å²) in [5, 5.41) is 8.41. The monoisotopic (exact) mass is 241 g/mol. The predicted octanol–water partition coefficient (Wildman–Crippen LogP) is 0.716. The second kappa shape index (κ2) is 5.07. The molecule has 1 atom stereocenters. The van der Waals surface area contributed by atoms with Crippen LogP contribution in [0.3, 0.4) is 0 Å². The number of nitrogens with zero attached hydrogens (tertiary/aromatic N) is 4. The fourth-order valence-corrected chi connectivity index (χ4v) is 2.50. The molecule has 6 heteroatoms. The Bertz CT molecular complexity index is 340. The summed E-state index contributed by atoms with van der Waals surface area (Å²) in [6.07, 6.45) is 0. The van der Waals surface area contributed by atoms with Crippen LogP contribution in [-0.4, -0.2) is 59.2 Å². The summed E-state index contributed by atoms with van der Waals surface area (Å²) in [6, 6.07) is 0.624. The van der Waals surface area contributed by atoms with E-state index in [2.05, 4.69) is 38.7 Å². The molecule has 0 aliphatic carbocycles. The van der Waals surface area contributed by atoms with Gasteiger partial charge in [-0.05, 0) is 14.0 Å². The number of hydrogen-bond acceptors (Lipinski definition) is 6. The van der Waals surface area contributed by atoms with Crippen molar-refractivity contribution in [1.29, 1.82) is 0 Å². The Hall–Kier alpha value is -0.720. The van der Waals surface area contributed by atoms with E-state index in [-0.39, 0.29) is 0 Å². The van der Waals surface area contributed by atoms with Gasteiger partial charge in [-0.1, -0.05) is 4.49 Å². The molecule has 5 nitrogen and oxygen atoms in total. The van der Waals surface area contributed by atoms with Gasteiger partial charge in [0.25, 0.3) is 0 Å². The van der Waals surface area contributed by atoms with Crippen LogP contribution in [0.15, 0.2) is 0 Å². The van der Waals surface area contributed by atoms with E-state index in [1.54, 1.807) is 0 Å². The van der Waals surface area contributed by atoms with Gasteiger partial charge < -0.3 is 10.2 Å². The van der Waals surface area contributed by atoms with Crippen LogP contribution in [0.1, 0.15) is 12.6 Å². The fraction of sp³-hybridized carbons (Fsp3) is 0.800. The van der Waals surface area contributed by atoms with Crippen molar-refractivity contribution >= 4 is 16.5 Å². The molecule has 2 rings (SSSR count). The molecule has 1 aliphatic rings. The third-order valence-corrected chi connectivity index (χ3v) is 3.99. The zero-order valence-corrected chi connectivity index (χ0v) is 10.9. The zero-order valence-electron chi connectivity index (χ0n) is 10.1. The summed E-state index contributed by atoms with van der Waals surface area (Å²) < 4.78 is 3.98. The Labute approximate surface area is 101 Å². The Morgan fingerprint density at radius 1 is 1.50 bits per heavy atom. The summed E-state index contributed by atoms with van der Waals surface area (Å²) in [5.41, 5.74) is 1.07. The molecule has 1 aliphatic heterocycles. The fourth-order valence-electron chi connectivity index (χ4n) is 1.98. The molecule has 0 saturated carbocycles. The molecule has 1 saturated heterocycles. The smallest absolute Gasteiger partial charge is 0.134 e. The average Bonchev–Trinajstić information content (AvgIpc) is 2.71. The standard InChI is InChI=1S/C10H19N5S/c1-8-6-15(5-4-14(8)3)7-9-10(11-2)16-13-12-9/h8,11H,4-7H2,1-3H3. The first-order valence-electron chi connectivity index (χ1n) is 5.62. The lowest BCUT2D eigenvalue weighted by Gasteiger charge is -2.37. The third kappa shape index (κ3) is 2.50. The van der Waals surface area contributed by atoms with Crippen molar-refractivity contribution < 1.29 is 0 Å². The molecule has 16 heavy (non-hydrogen) atoms. The van der Waals surface area contributed by atoms with Gasteiger partial charge in [0.1, 0.15) is 10.7 Å². The highest BCUT2D eigenvalue weighted by Gasteiger charge is 2.22. The molecule has 1 N–H and O–H groups in total. The number of nitrogens with one attached hydrogen (secondary N) is 1. The van der Waals surface area contributed by atoms with Crippen molar-refractivity contribution in [3.8, 4) is 0 Å². The van der Waals surface area contributed by atoms with Gasteiger partial charge in [0.05, 0.1) is 0 Å². The van der Waals surface area contributed by atoms with E-state index >= 15 is 0 Å². The molecular weight excluding hydrogens is 222 g/mol. The molecule has 1 aromatic rings.